The number of hydrogen-bond acceptors (Lipinski definition) is 4. The molecule has 3 aromatic rings. The first-order valence-electron chi connectivity index (χ1n) is 8.12. The smallest absolute Gasteiger partial charge is 0.265 e. The summed E-state index contributed by atoms with van der Waals surface area (Å²) in [5, 5.41) is 0. The lowest BCUT2D eigenvalue weighted by Crippen LogP contribution is -2.40. The molecule has 0 fully saturated rings. The van der Waals surface area contributed by atoms with Gasteiger partial charge < -0.3 is 4.57 Å². The molecule has 7 heteroatoms. The van der Waals surface area contributed by atoms with Crippen LogP contribution in [0.15, 0.2) is 53.9 Å². The van der Waals surface area contributed by atoms with Gasteiger partial charge in [0.2, 0.25) is 0 Å². The molecule has 0 spiro atoms. The fourth-order valence-electron chi connectivity index (χ4n) is 3.43. The number of para-hydroxylation sites is 1. The number of rotatable bonds is 3. The highest BCUT2D eigenvalue weighted by molar-refractivity contribution is 7.93. The Balaban J connectivity index is 1.83. The van der Waals surface area contributed by atoms with Gasteiger partial charge in [-0.25, -0.2) is 13.4 Å². The summed E-state index contributed by atoms with van der Waals surface area (Å²) in [6.45, 7) is 4.22. The summed E-state index contributed by atoms with van der Waals surface area (Å²) >= 11 is 1.52. The summed E-state index contributed by atoms with van der Waals surface area (Å²) in [7, 11) is -3.60. The molecule has 0 amide bonds. The zero-order valence-corrected chi connectivity index (χ0v) is 15.7. The number of nitrogens with zero attached hydrogens (tertiary/aromatic N) is 3. The van der Waals surface area contributed by atoms with E-state index in [-0.39, 0.29) is 6.04 Å². The normalized spacial score (nSPS) is 17.5. The fraction of sp³-hybridized carbons (Fsp3) is 0.278. The highest BCUT2D eigenvalue weighted by Crippen LogP contribution is 2.37. The minimum Gasteiger partial charge on any atom is -0.332 e. The van der Waals surface area contributed by atoms with Crippen LogP contribution in [0.5, 0.6) is 0 Å². The van der Waals surface area contributed by atoms with Crippen LogP contribution in [0.25, 0.3) is 0 Å². The number of hydrogen-bond donors (Lipinski definition) is 0. The number of sulfonamides is 1. The van der Waals surface area contributed by atoms with Crippen molar-refractivity contribution in [2.75, 3.05) is 10.8 Å². The number of aromatic nitrogens is 2. The highest BCUT2D eigenvalue weighted by atomic mass is 32.2. The molecule has 2 aromatic heterocycles. The molecule has 1 unspecified atom stereocenters. The molecule has 0 N–H and O–H groups in total. The number of aryl methyl sites for hydroxylation is 2. The van der Waals surface area contributed by atoms with Crippen molar-refractivity contribution < 1.29 is 8.42 Å². The monoisotopic (exact) mass is 373 g/mol. The summed E-state index contributed by atoms with van der Waals surface area (Å²) in [5.74, 6) is 0. The average Bonchev–Trinajstić information content (AvgIpc) is 3.23. The minimum absolute atomic E-state index is 0.0345. The standard InChI is InChI=1S/C18H19N3O2S2/c1-13-9-18(14(2)24-13)25(22,23)21-11-16(20-8-7-19-12-20)10-15-5-3-4-6-17(15)21/h3-9,12,16H,10-11H2,1-2H3. The van der Waals surface area contributed by atoms with Gasteiger partial charge in [-0.2, -0.15) is 0 Å². The maximum atomic E-state index is 13.4. The Morgan fingerprint density at radius 3 is 2.72 bits per heavy atom. The molecule has 1 aromatic carbocycles. The van der Waals surface area contributed by atoms with Crippen molar-refractivity contribution in [2.24, 2.45) is 0 Å². The predicted molar refractivity (Wildman–Crippen MR) is 99.7 cm³/mol. The molecule has 0 bridgehead atoms. The number of fused-ring (bicyclic) bond motifs is 1. The van der Waals surface area contributed by atoms with Gasteiger partial charge in [0.15, 0.2) is 0 Å². The van der Waals surface area contributed by atoms with E-state index >= 15 is 0 Å². The predicted octanol–water partition coefficient (Wildman–Crippen LogP) is 3.55. The third-order valence-electron chi connectivity index (χ3n) is 4.60. The minimum atomic E-state index is -3.60. The lowest BCUT2D eigenvalue weighted by atomic mass is 10.00. The van der Waals surface area contributed by atoms with Crippen LogP contribution in [-0.2, 0) is 16.4 Å². The van der Waals surface area contributed by atoms with E-state index in [0.717, 1.165) is 27.4 Å². The zero-order valence-electron chi connectivity index (χ0n) is 14.1. The molecule has 25 heavy (non-hydrogen) atoms. The number of benzene rings is 1. The molecule has 0 saturated heterocycles. The van der Waals surface area contributed by atoms with Crippen LogP contribution >= 0.6 is 11.3 Å². The van der Waals surface area contributed by atoms with E-state index in [4.69, 9.17) is 0 Å². The van der Waals surface area contributed by atoms with Crippen LogP contribution in [0.3, 0.4) is 0 Å². The molecule has 1 aliphatic heterocycles. The Kier molecular flexibility index (Phi) is 3.92. The Bertz CT molecular complexity index is 1010. The first-order chi connectivity index (χ1) is 12.0. The van der Waals surface area contributed by atoms with E-state index in [9.17, 15) is 8.42 Å². The van der Waals surface area contributed by atoms with Crippen LogP contribution in [0, 0.1) is 13.8 Å². The molecular weight excluding hydrogens is 354 g/mol. The maximum absolute atomic E-state index is 13.4. The molecule has 4 rings (SSSR count). The van der Waals surface area contributed by atoms with Crippen LogP contribution in [0.2, 0.25) is 0 Å². The lowest BCUT2D eigenvalue weighted by Gasteiger charge is -2.35. The highest BCUT2D eigenvalue weighted by Gasteiger charge is 2.35. The Morgan fingerprint density at radius 1 is 1.24 bits per heavy atom. The van der Waals surface area contributed by atoms with Crippen molar-refractivity contribution in [3.8, 4) is 0 Å². The number of anilines is 1. The first-order valence-corrected chi connectivity index (χ1v) is 10.4. The van der Waals surface area contributed by atoms with E-state index in [0.29, 0.717) is 11.4 Å². The summed E-state index contributed by atoms with van der Waals surface area (Å²) in [5.41, 5.74) is 1.82. The van der Waals surface area contributed by atoms with Gasteiger partial charge in [-0.1, -0.05) is 18.2 Å². The molecule has 0 saturated carbocycles. The van der Waals surface area contributed by atoms with Crippen molar-refractivity contribution in [3.63, 3.8) is 0 Å². The fourth-order valence-corrected chi connectivity index (χ4v) is 6.50. The third kappa shape index (κ3) is 2.77. The third-order valence-corrected chi connectivity index (χ3v) is 7.60. The van der Waals surface area contributed by atoms with Gasteiger partial charge in [-0.3, -0.25) is 4.31 Å². The van der Waals surface area contributed by atoms with Gasteiger partial charge in [-0.05, 0) is 38.0 Å². The molecule has 0 radical (unpaired) electrons. The van der Waals surface area contributed by atoms with Crippen LogP contribution in [-0.4, -0.2) is 24.5 Å². The van der Waals surface area contributed by atoms with Crippen molar-refractivity contribution in [1.82, 2.24) is 9.55 Å². The Hall–Kier alpha value is -2.12. The molecule has 5 nitrogen and oxygen atoms in total. The van der Waals surface area contributed by atoms with Crippen LogP contribution in [0.4, 0.5) is 5.69 Å². The van der Waals surface area contributed by atoms with E-state index in [2.05, 4.69) is 4.98 Å². The Morgan fingerprint density at radius 2 is 2.04 bits per heavy atom. The number of imidazole rings is 1. The van der Waals surface area contributed by atoms with Gasteiger partial charge in [-0.15, -0.1) is 11.3 Å². The molecule has 3 heterocycles. The SMILES string of the molecule is Cc1cc(S(=O)(=O)N2CC(n3ccnc3)Cc3ccccc32)c(C)s1. The van der Waals surface area contributed by atoms with Gasteiger partial charge in [0.1, 0.15) is 4.90 Å². The summed E-state index contributed by atoms with van der Waals surface area (Å²) in [6.07, 6.45) is 6.17. The molecule has 0 aliphatic carbocycles. The molecule has 1 atom stereocenters. The quantitative estimate of drug-likeness (QED) is 0.705. The van der Waals surface area contributed by atoms with Gasteiger partial charge in [0.25, 0.3) is 10.0 Å². The molecule has 130 valence electrons. The van der Waals surface area contributed by atoms with Gasteiger partial charge >= 0.3 is 0 Å². The van der Waals surface area contributed by atoms with E-state index in [1.807, 2.05) is 48.9 Å². The largest absolute Gasteiger partial charge is 0.332 e. The Labute approximate surface area is 151 Å². The van der Waals surface area contributed by atoms with Crippen molar-refractivity contribution in [2.45, 2.75) is 31.2 Å². The molecule has 1 aliphatic rings. The summed E-state index contributed by atoms with van der Waals surface area (Å²) in [6, 6.07) is 9.56. The molecular formula is C18H19N3O2S2. The van der Waals surface area contributed by atoms with E-state index < -0.39 is 10.0 Å². The van der Waals surface area contributed by atoms with Crippen molar-refractivity contribution in [3.05, 3.63) is 64.4 Å². The van der Waals surface area contributed by atoms with Crippen LogP contribution < -0.4 is 4.31 Å². The second-order valence-electron chi connectivity index (χ2n) is 6.31. The van der Waals surface area contributed by atoms with Gasteiger partial charge in [0.05, 0.1) is 24.6 Å². The van der Waals surface area contributed by atoms with Crippen molar-refractivity contribution >= 4 is 27.0 Å². The summed E-state index contributed by atoms with van der Waals surface area (Å²) < 4.78 is 30.4. The van der Waals surface area contributed by atoms with Crippen LogP contribution in [0.1, 0.15) is 21.4 Å². The average molecular weight is 374 g/mol. The maximum Gasteiger partial charge on any atom is 0.265 e. The topological polar surface area (TPSA) is 55.2 Å². The second-order valence-corrected chi connectivity index (χ2v) is 9.60. The lowest BCUT2D eigenvalue weighted by molar-refractivity contribution is 0.487. The van der Waals surface area contributed by atoms with Gasteiger partial charge in [0, 0.05) is 22.1 Å². The van der Waals surface area contributed by atoms with E-state index in [1.165, 1.54) is 11.3 Å². The number of thiophene rings is 1. The summed E-state index contributed by atoms with van der Waals surface area (Å²) in [4.78, 5) is 6.37. The first kappa shape index (κ1) is 16.4. The zero-order chi connectivity index (χ0) is 17.6. The second kappa shape index (κ2) is 6.00. The van der Waals surface area contributed by atoms with Crippen molar-refractivity contribution in [1.29, 1.82) is 0 Å². The van der Waals surface area contributed by atoms with E-state index in [1.54, 1.807) is 22.9 Å².